The minimum absolute atomic E-state index is 0.276. The summed E-state index contributed by atoms with van der Waals surface area (Å²) in [4.78, 5) is 6.46. The lowest BCUT2D eigenvalue weighted by atomic mass is 10.2. The number of aromatic nitrogens is 1. The molecular formula is C14H14FN3S. The van der Waals surface area contributed by atoms with Crippen LogP contribution in [-0.4, -0.2) is 16.5 Å². The molecule has 98 valence electrons. The van der Waals surface area contributed by atoms with Gasteiger partial charge in [0.1, 0.15) is 16.6 Å². The highest BCUT2D eigenvalue weighted by Crippen LogP contribution is 2.26. The van der Waals surface area contributed by atoms with Crippen molar-refractivity contribution in [3.05, 3.63) is 54.0 Å². The second kappa shape index (κ2) is 5.75. The monoisotopic (exact) mass is 275 g/mol. The molecule has 0 radical (unpaired) electrons. The molecule has 0 unspecified atom stereocenters. The predicted molar refractivity (Wildman–Crippen MR) is 79.2 cm³/mol. The van der Waals surface area contributed by atoms with Gasteiger partial charge in [-0.15, -0.1) is 0 Å². The van der Waals surface area contributed by atoms with Crippen LogP contribution in [0.4, 0.5) is 15.9 Å². The van der Waals surface area contributed by atoms with Crippen LogP contribution in [0.5, 0.6) is 0 Å². The third-order valence-electron chi connectivity index (χ3n) is 2.74. The highest BCUT2D eigenvalue weighted by atomic mass is 32.1. The fourth-order valence-electron chi connectivity index (χ4n) is 1.90. The number of hydrogen-bond acceptors (Lipinski definition) is 3. The predicted octanol–water partition coefficient (Wildman–Crippen LogP) is 3.01. The van der Waals surface area contributed by atoms with Gasteiger partial charge < -0.3 is 10.6 Å². The molecule has 5 heteroatoms. The summed E-state index contributed by atoms with van der Waals surface area (Å²) in [7, 11) is 0. The summed E-state index contributed by atoms with van der Waals surface area (Å²) in [5.74, 6) is 0.354. The summed E-state index contributed by atoms with van der Waals surface area (Å²) in [5.41, 5.74) is 7.11. The van der Waals surface area contributed by atoms with Gasteiger partial charge in [0.15, 0.2) is 0 Å². The van der Waals surface area contributed by atoms with E-state index >= 15 is 0 Å². The average molecular weight is 275 g/mol. The highest BCUT2D eigenvalue weighted by molar-refractivity contribution is 7.80. The number of pyridine rings is 1. The number of nitrogens with two attached hydrogens (primary N) is 1. The molecule has 0 aliphatic rings. The highest BCUT2D eigenvalue weighted by Gasteiger charge is 2.14. The molecule has 1 aromatic heterocycles. The zero-order chi connectivity index (χ0) is 13.8. The molecule has 1 aromatic carbocycles. The van der Waals surface area contributed by atoms with E-state index in [4.69, 9.17) is 18.0 Å². The van der Waals surface area contributed by atoms with Gasteiger partial charge in [-0.3, -0.25) is 0 Å². The first-order valence-corrected chi connectivity index (χ1v) is 6.32. The minimum Gasteiger partial charge on any atom is -0.389 e. The lowest BCUT2D eigenvalue weighted by molar-refractivity contribution is 0.627. The summed E-state index contributed by atoms with van der Waals surface area (Å²) in [6.07, 6.45) is 1.67. The molecule has 1 heterocycles. The molecule has 2 aromatic rings. The molecule has 0 amide bonds. The number of nitrogens with zero attached hydrogens (tertiary/aromatic N) is 2. The van der Waals surface area contributed by atoms with Crippen LogP contribution in [0.15, 0.2) is 42.6 Å². The third kappa shape index (κ3) is 2.88. The maximum atomic E-state index is 13.3. The Bertz CT molecular complexity index is 601. The van der Waals surface area contributed by atoms with E-state index in [2.05, 4.69) is 4.98 Å². The standard InChI is InChI=1S/C14H14FN3S/c1-2-18(11-6-3-5-10(15)9-11)14-12(13(16)19)7-4-8-17-14/h3-9H,2H2,1H3,(H2,16,19). The van der Waals surface area contributed by atoms with Gasteiger partial charge >= 0.3 is 0 Å². The van der Waals surface area contributed by atoms with E-state index < -0.39 is 0 Å². The topological polar surface area (TPSA) is 42.2 Å². The van der Waals surface area contributed by atoms with Gasteiger partial charge in [-0.25, -0.2) is 9.37 Å². The van der Waals surface area contributed by atoms with E-state index in [-0.39, 0.29) is 10.8 Å². The van der Waals surface area contributed by atoms with Crippen molar-refractivity contribution >= 4 is 28.7 Å². The van der Waals surface area contributed by atoms with E-state index in [1.165, 1.54) is 12.1 Å². The Morgan fingerprint density at radius 3 is 2.79 bits per heavy atom. The van der Waals surface area contributed by atoms with Crippen LogP contribution >= 0.6 is 12.2 Å². The van der Waals surface area contributed by atoms with Gasteiger partial charge in [-0.1, -0.05) is 18.3 Å². The fourth-order valence-corrected chi connectivity index (χ4v) is 2.06. The molecule has 2 N–H and O–H groups in total. The quantitative estimate of drug-likeness (QED) is 0.871. The Morgan fingerprint density at radius 1 is 1.37 bits per heavy atom. The van der Waals surface area contributed by atoms with Crippen molar-refractivity contribution in [2.75, 3.05) is 11.4 Å². The fraction of sp³-hybridized carbons (Fsp3) is 0.143. The van der Waals surface area contributed by atoms with Crippen LogP contribution < -0.4 is 10.6 Å². The zero-order valence-electron chi connectivity index (χ0n) is 10.5. The molecule has 0 atom stereocenters. The van der Waals surface area contributed by atoms with Gasteiger partial charge in [0.25, 0.3) is 0 Å². The molecule has 0 aliphatic heterocycles. The van der Waals surface area contributed by atoms with Crippen LogP contribution in [0.1, 0.15) is 12.5 Å². The minimum atomic E-state index is -0.288. The van der Waals surface area contributed by atoms with Gasteiger partial charge in [0, 0.05) is 18.4 Å². The smallest absolute Gasteiger partial charge is 0.143 e. The normalized spacial score (nSPS) is 10.2. The van der Waals surface area contributed by atoms with Crippen LogP contribution in [0.25, 0.3) is 0 Å². The van der Waals surface area contributed by atoms with Gasteiger partial charge in [0.2, 0.25) is 0 Å². The first-order chi connectivity index (χ1) is 9.13. The van der Waals surface area contributed by atoms with Crippen molar-refractivity contribution in [2.45, 2.75) is 6.92 Å². The number of halogens is 1. The second-order valence-electron chi connectivity index (χ2n) is 3.96. The van der Waals surface area contributed by atoms with Crippen molar-refractivity contribution in [3.63, 3.8) is 0 Å². The molecule has 0 aliphatic carbocycles. The molecular weight excluding hydrogens is 261 g/mol. The second-order valence-corrected chi connectivity index (χ2v) is 4.40. The Hall–Kier alpha value is -2.01. The summed E-state index contributed by atoms with van der Waals surface area (Å²) in [6.45, 7) is 2.60. The summed E-state index contributed by atoms with van der Waals surface area (Å²) in [6, 6.07) is 9.94. The van der Waals surface area contributed by atoms with Gasteiger partial charge in [-0.2, -0.15) is 0 Å². The number of hydrogen-bond donors (Lipinski definition) is 1. The van der Waals surface area contributed by atoms with Crippen LogP contribution in [0.2, 0.25) is 0 Å². The number of rotatable bonds is 4. The Labute approximate surface area is 116 Å². The number of anilines is 2. The van der Waals surface area contributed by atoms with Crippen LogP contribution in [-0.2, 0) is 0 Å². The zero-order valence-corrected chi connectivity index (χ0v) is 11.3. The maximum Gasteiger partial charge on any atom is 0.143 e. The summed E-state index contributed by atoms with van der Waals surface area (Å²) >= 11 is 5.03. The molecule has 0 saturated carbocycles. The van der Waals surface area contributed by atoms with E-state index in [0.29, 0.717) is 17.9 Å². The summed E-state index contributed by atoms with van der Waals surface area (Å²) < 4.78 is 13.3. The SMILES string of the molecule is CCN(c1cccc(F)c1)c1ncccc1C(N)=S. The van der Waals surface area contributed by atoms with Crippen molar-refractivity contribution < 1.29 is 4.39 Å². The molecule has 19 heavy (non-hydrogen) atoms. The van der Waals surface area contributed by atoms with E-state index in [0.717, 1.165) is 5.69 Å². The van der Waals surface area contributed by atoms with E-state index in [9.17, 15) is 4.39 Å². The van der Waals surface area contributed by atoms with Crippen molar-refractivity contribution in [1.82, 2.24) is 4.98 Å². The third-order valence-corrected chi connectivity index (χ3v) is 2.96. The van der Waals surface area contributed by atoms with Crippen LogP contribution in [0, 0.1) is 5.82 Å². The molecule has 0 spiro atoms. The van der Waals surface area contributed by atoms with Gasteiger partial charge in [0.05, 0.1) is 5.56 Å². The lowest BCUT2D eigenvalue weighted by Gasteiger charge is -2.24. The number of thiocarbonyl (C=S) groups is 1. The molecule has 0 fully saturated rings. The Kier molecular flexibility index (Phi) is 4.06. The Balaban J connectivity index is 2.51. The molecule has 0 bridgehead atoms. The Morgan fingerprint density at radius 2 is 2.16 bits per heavy atom. The first-order valence-electron chi connectivity index (χ1n) is 5.91. The summed E-state index contributed by atoms with van der Waals surface area (Å²) in [5, 5.41) is 0. The molecule has 2 rings (SSSR count). The van der Waals surface area contributed by atoms with Crippen molar-refractivity contribution in [3.8, 4) is 0 Å². The van der Waals surface area contributed by atoms with Crippen molar-refractivity contribution in [2.24, 2.45) is 5.73 Å². The van der Waals surface area contributed by atoms with E-state index in [1.54, 1.807) is 18.3 Å². The van der Waals surface area contributed by atoms with Crippen molar-refractivity contribution in [1.29, 1.82) is 0 Å². The largest absolute Gasteiger partial charge is 0.389 e. The lowest BCUT2D eigenvalue weighted by Crippen LogP contribution is -2.22. The first kappa shape index (κ1) is 13.4. The average Bonchev–Trinajstić information content (AvgIpc) is 2.40. The van der Waals surface area contributed by atoms with Crippen LogP contribution in [0.3, 0.4) is 0 Å². The van der Waals surface area contributed by atoms with E-state index in [1.807, 2.05) is 24.0 Å². The molecule has 0 saturated heterocycles. The maximum absolute atomic E-state index is 13.3. The number of benzene rings is 1. The van der Waals surface area contributed by atoms with Gasteiger partial charge in [-0.05, 0) is 37.3 Å². The molecule has 3 nitrogen and oxygen atoms in total.